The molecule has 2 aromatic carbocycles. The van der Waals surface area contributed by atoms with E-state index >= 15 is 0 Å². The summed E-state index contributed by atoms with van der Waals surface area (Å²) in [5, 5.41) is 4.70. The normalized spacial score (nSPS) is 10.9. The lowest BCUT2D eigenvalue weighted by molar-refractivity contribution is -0.119. The molecule has 30 heavy (non-hydrogen) atoms. The lowest BCUT2D eigenvalue weighted by atomic mass is 10.2. The smallest absolute Gasteiger partial charge is 0.307 e. The highest BCUT2D eigenvalue weighted by atomic mass is 16.5. The Labute approximate surface area is 172 Å². The fraction of sp³-hybridized carbons (Fsp3) is 0.190. The molecule has 0 saturated carbocycles. The molecule has 2 amide bonds. The molecule has 9 nitrogen and oxygen atoms in total. The van der Waals surface area contributed by atoms with E-state index in [9.17, 15) is 9.59 Å². The number of nitrogens with zero attached hydrogens (tertiary/aromatic N) is 1. The van der Waals surface area contributed by atoms with E-state index in [1.54, 1.807) is 30.3 Å². The molecule has 0 aliphatic carbocycles. The third kappa shape index (κ3) is 4.88. The second-order valence-corrected chi connectivity index (χ2v) is 6.08. The monoisotopic (exact) mass is 411 g/mol. The maximum Gasteiger partial charge on any atom is 0.307 e. The molecule has 1 heterocycles. The van der Waals surface area contributed by atoms with Gasteiger partial charge in [0.25, 0.3) is 5.91 Å². The molecular weight excluding hydrogens is 390 g/mol. The molecule has 9 heteroatoms. The third-order valence-corrected chi connectivity index (χ3v) is 3.97. The molecule has 0 bridgehead atoms. The third-order valence-electron chi connectivity index (χ3n) is 3.97. The number of carbonyl (C=O) groups excluding carboxylic acids is 2. The predicted octanol–water partition coefficient (Wildman–Crippen LogP) is 2.47. The number of hydrazone groups is 1. The van der Waals surface area contributed by atoms with Gasteiger partial charge in [-0.2, -0.15) is 5.10 Å². The molecule has 0 radical (unpaired) electrons. The Hall–Kier alpha value is -4.01. The second kappa shape index (κ2) is 9.46. The van der Waals surface area contributed by atoms with Crippen LogP contribution in [0.25, 0.3) is 11.0 Å². The van der Waals surface area contributed by atoms with Gasteiger partial charge >= 0.3 is 5.91 Å². The number of para-hydroxylation sites is 1. The van der Waals surface area contributed by atoms with Gasteiger partial charge in [-0.3, -0.25) is 9.59 Å². The molecule has 0 aliphatic heterocycles. The van der Waals surface area contributed by atoms with Crippen LogP contribution in [0.3, 0.4) is 0 Å². The van der Waals surface area contributed by atoms with Crippen molar-refractivity contribution in [3.05, 3.63) is 53.8 Å². The SMILES string of the molecule is CCOc1cc(/C=N\NC(=O)c2cc3cccc(OC)c3o2)ccc1OCC(N)=O. The van der Waals surface area contributed by atoms with Crippen LogP contribution < -0.4 is 25.4 Å². The molecule has 0 unspecified atom stereocenters. The first-order valence-corrected chi connectivity index (χ1v) is 9.09. The Bertz CT molecular complexity index is 1090. The lowest BCUT2D eigenvalue weighted by Crippen LogP contribution is -2.20. The first kappa shape index (κ1) is 20.7. The maximum atomic E-state index is 12.3. The Balaban J connectivity index is 1.70. The topological polar surface area (TPSA) is 125 Å². The number of primary amides is 1. The van der Waals surface area contributed by atoms with E-state index in [0.29, 0.717) is 35.0 Å². The van der Waals surface area contributed by atoms with Crippen molar-refractivity contribution in [1.29, 1.82) is 0 Å². The van der Waals surface area contributed by atoms with Gasteiger partial charge < -0.3 is 24.4 Å². The predicted molar refractivity (Wildman–Crippen MR) is 110 cm³/mol. The number of methoxy groups -OCH3 is 1. The molecule has 156 valence electrons. The summed E-state index contributed by atoms with van der Waals surface area (Å²) in [5.41, 5.74) is 8.65. The van der Waals surface area contributed by atoms with Crippen LogP contribution >= 0.6 is 0 Å². The number of furan rings is 1. The standard InChI is InChI=1S/C21H21N3O6/c1-3-28-17-9-13(7-8-15(17)29-12-19(22)25)11-23-24-21(26)18-10-14-5-4-6-16(27-2)20(14)30-18/h4-11H,3,12H2,1-2H3,(H2,22,25)(H,24,26)/b23-11-. The number of fused-ring (bicyclic) bond motifs is 1. The van der Waals surface area contributed by atoms with Crippen LogP contribution in [0.5, 0.6) is 17.2 Å². The summed E-state index contributed by atoms with van der Waals surface area (Å²) in [4.78, 5) is 23.2. The molecular formula is C21H21N3O6. The highest BCUT2D eigenvalue weighted by molar-refractivity contribution is 5.97. The molecule has 0 atom stereocenters. The van der Waals surface area contributed by atoms with Crippen molar-refractivity contribution >= 4 is 29.0 Å². The Morgan fingerprint density at radius 3 is 2.70 bits per heavy atom. The van der Waals surface area contributed by atoms with Crippen molar-refractivity contribution in [2.24, 2.45) is 10.8 Å². The number of amides is 2. The zero-order valence-electron chi connectivity index (χ0n) is 16.5. The summed E-state index contributed by atoms with van der Waals surface area (Å²) >= 11 is 0. The highest BCUT2D eigenvalue weighted by Gasteiger charge is 2.14. The minimum atomic E-state index is -0.589. The maximum absolute atomic E-state index is 12.3. The summed E-state index contributed by atoms with van der Waals surface area (Å²) < 4.78 is 21.6. The summed E-state index contributed by atoms with van der Waals surface area (Å²) in [6, 6.07) is 12.0. The van der Waals surface area contributed by atoms with Crippen LogP contribution in [0.4, 0.5) is 0 Å². The zero-order chi connectivity index (χ0) is 21.5. The number of hydrogen-bond acceptors (Lipinski definition) is 7. The van der Waals surface area contributed by atoms with E-state index in [1.165, 1.54) is 13.3 Å². The zero-order valence-corrected chi connectivity index (χ0v) is 16.5. The number of ether oxygens (including phenoxy) is 3. The largest absolute Gasteiger partial charge is 0.493 e. The van der Waals surface area contributed by atoms with E-state index in [2.05, 4.69) is 10.5 Å². The van der Waals surface area contributed by atoms with E-state index in [0.717, 1.165) is 5.39 Å². The molecule has 0 spiro atoms. The van der Waals surface area contributed by atoms with Crippen LogP contribution in [0, 0.1) is 0 Å². The number of rotatable bonds is 9. The number of hydrogen-bond donors (Lipinski definition) is 2. The minimum absolute atomic E-state index is 0.108. The van der Waals surface area contributed by atoms with Gasteiger partial charge in [0.05, 0.1) is 19.9 Å². The average Bonchev–Trinajstić information content (AvgIpc) is 3.18. The van der Waals surface area contributed by atoms with E-state index in [4.69, 9.17) is 24.4 Å². The van der Waals surface area contributed by atoms with Crippen LogP contribution in [0.15, 0.2) is 52.0 Å². The second-order valence-electron chi connectivity index (χ2n) is 6.08. The van der Waals surface area contributed by atoms with Crippen molar-refractivity contribution in [3.8, 4) is 17.2 Å². The van der Waals surface area contributed by atoms with Gasteiger partial charge in [-0.05, 0) is 42.8 Å². The van der Waals surface area contributed by atoms with E-state index in [-0.39, 0.29) is 12.4 Å². The van der Waals surface area contributed by atoms with Crippen LogP contribution in [0.1, 0.15) is 23.0 Å². The fourth-order valence-corrected chi connectivity index (χ4v) is 2.67. The van der Waals surface area contributed by atoms with Crippen LogP contribution in [-0.4, -0.2) is 38.4 Å². The van der Waals surface area contributed by atoms with Crippen molar-refractivity contribution < 1.29 is 28.2 Å². The summed E-state index contributed by atoms with van der Waals surface area (Å²) in [6.07, 6.45) is 1.45. The molecule has 0 aliphatic rings. The van der Waals surface area contributed by atoms with Gasteiger partial charge in [0, 0.05) is 5.39 Å². The molecule has 0 saturated heterocycles. The quantitative estimate of drug-likeness (QED) is 0.412. The fourth-order valence-electron chi connectivity index (χ4n) is 2.67. The van der Waals surface area contributed by atoms with E-state index < -0.39 is 11.8 Å². The van der Waals surface area contributed by atoms with Crippen molar-refractivity contribution in [3.63, 3.8) is 0 Å². The van der Waals surface area contributed by atoms with Gasteiger partial charge in [0.1, 0.15) is 0 Å². The van der Waals surface area contributed by atoms with Crippen LogP contribution in [-0.2, 0) is 4.79 Å². The Kier molecular flexibility index (Phi) is 6.53. The number of nitrogens with two attached hydrogens (primary N) is 1. The number of benzene rings is 2. The molecule has 1 aromatic heterocycles. The van der Waals surface area contributed by atoms with Gasteiger partial charge in [-0.15, -0.1) is 0 Å². The summed E-state index contributed by atoms with van der Waals surface area (Å²) in [7, 11) is 1.53. The highest BCUT2D eigenvalue weighted by Crippen LogP contribution is 2.29. The molecule has 3 N–H and O–H groups in total. The minimum Gasteiger partial charge on any atom is -0.493 e. The molecule has 3 aromatic rings. The number of carbonyl (C=O) groups is 2. The van der Waals surface area contributed by atoms with Crippen molar-refractivity contribution in [2.45, 2.75) is 6.92 Å². The van der Waals surface area contributed by atoms with Crippen LogP contribution in [0.2, 0.25) is 0 Å². The number of nitrogens with one attached hydrogen (secondary N) is 1. The average molecular weight is 411 g/mol. The van der Waals surface area contributed by atoms with Crippen molar-refractivity contribution in [1.82, 2.24) is 5.43 Å². The Morgan fingerprint density at radius 2 is 1.97 bits per heavy atom. The van der Waals surface area contributed by atoms with Gasteiger partial charge in [0.2, 0.25) is 0 Å². The summed E-state index contributed by atoms with van der Waals surface area (Å²) in [6.45, 7) is 1.97. The van der Waals surface area contributed by atoms with E-state index in [1.807, 2.05) is 19.1 Å². The van der Waals surface area contributed by atoms with Crippen molar-refractivity contribution in [2.75, 3.05) is 20.3 Å². The van der Waals surface area contributed by atoms with Gasteiger partial charge in [-0.1, -0.05) is 12.1 Å². The Morgan fingerprint density at radius 1 is 1.13 bits per heavy atom. The molecule has 3 rings (SSSR count). The first-order valence-electron chi connectivity index (χ1n) is 9.09. The molecule has 0 fully saturated rings. The first-order chi connectivity index (χ1) is 14.5. The lowest BCUT2D eigenvalue weighted by Gasteiger charge is -2.11. The summed E-state index contributed by atoms with van der Waals surface area (Å²) in [5.74, 6) is 0.366. The van der Waals surface area contributed by atoms with Gasteiger partial charge in [-0.25, -0.2) is 5.43 Å². The van der Waals surface area contributed by atoms with Gasteiger partial charge in [0.15, 0.2) is 35.2 Å².